The average molecular weight is 393 g/mol. The number of aromatic amines is 1. The normalized spacial score (nSPS) is 19.6. The molecule has 1 atom stereocenters. The largest absolute Gasteiger partial charge is 0.263 e. The van der Waals surface area contributed by atoms with Crippen LogP contribution in [0.5, 0.6) is 0 Å². The van der Waals surface area contributed by atoms with Gasteiger partial charge in [0.05, 0.1) is 16.1 Å². The van der Waals surface area contributed by atoms with E-state index in [0.29, 0.717) is 31.0 Å². The van der Waals surface area contributed by atoms with Crippen molar-refractivity contribution in [3.8, 4) is 0 Å². The number of nitrogens with one attached hydrogen (secondary N) is 1. The van der Waals surface area contributed by atoms with Crippen LogP contribution in [0, 0.1) is 12.7 Å². The van der Waals surface area contributed by atoms with Crippen LogP contribution in [0.3, 0.4) is 0 Å². The summed E-state index contributed by atoms with van der Waals surface area (Å²) in [6, 6.07) is 1.37. The van der Waals surface area contributed by atoms with Gasteiger partial charge in [0.2, 0.25) is 10.0 Å². The van der Waals surface area contributed by atoms with Crippen molar-refractivity contribution in [1.82, 2.24) is 19.5 Å². The van der Waals surface area contributed by atoms with E-state index in [0.717, 1.165) is 18.6 Å². The van der Waals surface area contributed by atoms with Crippen LogP contribution in [0.25, 0.3) is 0 Å². The predicted octanol–water partition coefficient (Wildman–Crippen LogP) is 3.47. The average Bonchev–Trinajstić information content (AvgIpc) is 2.92. The number of rotatable bonds is 3. The van der Waals surface area contributed by atoms with Gasteiger partial charge in [0.25, 0.3) is 0 Å². The fraction of sp³-hybridized carbons (Fsp3) is 0.429. The molecule has 2 aromatic rings. The summed E-state index contributed by atoms with van der Waals surface area (Å²) in [4.78, 5) is 3.97. The van der Waals surface area contributed by atoms with Crippen molar-refractivity contribution in [2.24, 2.45) is 0 Å². The molecule has 1 unspecified atom stereocenters. The maximum atomic E-state index is 13.4. The first-order valence-corrected chi connectivity index (χ1v) is 9.55. The van der Waals surface area contributed by atoms with Gasteiger partial charge in [-0.3, -0.25) is 5.10 Å². The third kappa shape index (κ3) is 3.15. The Morgan fingerprint density at radius 3 is 2.54 bits per heavy atom. The van der Waals surface area contributed by atoms with Gasteiger partial charge < -0.3 is 0 Å². The Morgan fingerprint density at radius 1 is 1.29 bits per heavy atom. The Morgan fingerprint density at radius 2 is 1.96 bits per heavy atom. The molecule has 24 heavy (non-hydrogen) atoms. The van der Waals surface area contributed by atoms with Gasteiger partial charge in [0, 0.05) is 6.54 Å². The highest BCUT2D eigenvalue weighted by Gasteiger charge is 2.38. The molecule has 3 rings (SSSR count). The molecule has 1 saturated heterocycles. The first kappa shape index (κ1) is 17.6. The van der Waals surface area contributed by atoms with Crippen LogP contribution in [0.1, 0.15) is 37.0 Å². The van der Waals surface area contributed by atoms with Crippen molar-refractivity contribution < 1.29 is 12.8 Å². The highest BCUT2D eigenvalue weighted by atomic mass is 35.5. The topological polar surface area (TPSA) is 79.0 Å². The highest BCUT2D eigenvalue weighted by Crippen LogP contribution is 2.39. The molecule has 2 heterocycles. The van der Waals surface area contributed by atoms with Crippen molar-refractivity contribution in [1.29, 1.82) is 0 Å². The number of benzene rings is 1. The van der Waals surface area contributed by atoms with Crippen molar-refractivity contribution in [3.05, 3.63) is 39.6 Å². The molecule has 0 aliphatic carbocycles. The van der Waals surface area contributed by atoms with Crippen LogP contribution in [-0.2, 0) is 10.0 Å². The van der Waals surface area contributed by atoms with E-state index in [4.69, 9.17) is 23.2 Å². The van der Waals surface area contributed by atoms with Gasteiger partial charge in [-0.05, 0) is 31.9 Å². The molecule has 0 spiro atoms. The lowest BCUT2D eigenvalue weighted by Gasteiger charge is -2.33. The molecular weight excluding hydrogens is 378 g/mol. The van der Waals surface area contributed by atoms with Crippen LogP contribution in [0.15, 0.2) is 17.0 Å². The predicted molar refractivity (Wildman–Crippen MR) is 88.0 cm³/mol. The fourth-order valence-corrected chi connectivity index (χ4v) is 5.65. The summed E-state index contributed by atoms with van der Waals surface area (Å²) in [6.45, 7) is 2.04. The first-order chi connectivity index (χ1) is 11.3. The maximum Gasteiger partial charge on any atom is 0.246 e. The lowest BCUT2D eigenvalue weighted by atomic mass is 10.0. The van der Waals surface area contributed by atoms with Gasteiger partial charge in [0.1, 0.15) is 16.5 Å². The lowest BCUT2D eigenvalue weighted by molar-refractivity contribution is 0.247. The number of piperidine rings is 1. The molecule has 1 aromatic heterocycles. The van der Waals surface area contributed by atoms with E-state index >= 15 is 0 Å². The summed E-state index contributed by atoms with van der Waals surface area (Å²) in [5, 5.41) is 6.33. The minimum atomic E-state index is -4.02. The molecule has 10 heteroatoms. The smallest absolute Gasteiger partial charge is 0.246 e. The third-order valence-corrected chi connectivity index (χ3v) is 6.73. The maximum absolute atomic E-state index is 13.4. The Hall–Kier alpha value is -1.22. The number of nitrogens with zero attached hydrogens (tertiary/aromatic N) is 3. The summed E-state index contributed by atoms with van der Waals surface area (Å²) in [5.74, 6) is 0.319. The number of sulfonamides is 1. The van der Waals surface area contributed by atoms with E-state index in [-0.39, 0.29) is 14.9 Å². The summed E-state index contributed by atoms with van der Waals surface area (Å²) < 4.78 is 40.9. The van der Waals surface area contributed by atoms with Gasteiger partial charge in [-0.25, -0.2) is 17.8 Å². The van der Waals surface area contributed by atoms with Gasteiger partial charge >= 0.3 is 0 Å². The van der Waals surface area contributed by atoms with Gasteiger partial charge in [-0.2, -0.15) is 9.40 Å². The molecule has 0 amide bonds. The second-order valence-corrected chi connectivity index (χ2v) is 8.25. The monoisotopic (exact) mass is 392 g/mol. The quantitative estimate of drug-likeness (QED) is 0.866. The number of H-pyrrole nitrogens is 1. The van der Waals surface area contributed by atoms with Crippen LogP contribution in [-0.4, -0.2) is 34.4 Å². The van der Waals surface area contributed by atoms with E-state index in [1.165, 1.54) is 4.31 Å². The molecule has 1 aromatic carbocycles. The molecule has 6 nitrogen and oxygen atoms in total. The van der Waals surface area contributed by atoms with Crippen LogP contribution in [0.2, 0.25) is 10.0 Å². The van der Waals surface area contributed by atoms with E-state index in [2.05, 4.69) is 15.2 Å². The van der Waals surface area contributed by atoms with Crippen molar-refractivity contribution in [3.63, 3.8) is 0 Å². The zero-order valence-corrected chi connectivity index (χ0v) is 15.1. The van der Waals surface area contributed by atoms with E-state index in [1.54, 1.807) is 6.92 Å². The van der Waals surface area contributed by atoms with Crippen LogP contribution in [0.4, 0.5) is 4.39 Å². The molecule has 1 N–H and O–H groups in total. The molecule has 0 bridgehead atoms. The molecular formula is C14H15Cl2FN4O2S. The number of halogens is 3. The Kier molecular flexibility index (Phi) is 4.83. The number of aromatic nitrogens is 3. The molecule has 1 aliphatic rings. The van der Waals surface area contributed by atoms with E-state index < -0.39 is 21.9 Å². The molecule has 0 saturated carbocycles. The van der Waals surface area contributed by atoms with Gasteiger partial charge in [-0.1, -0.05) is 29.6 Å². The molecule has 130 valence electrons. The number of hydrogen-bond acceptors (Lipinski definition) is 4. The Balaban J connectivity index is 2.07. The second-order valence-electron chi connectivity index (χ2n) is 5.60. The molecule has 0 radical (unpaired) electrons. The SMILES string of the molecule is Cc1nc(C2CCCCN2S(=O)(=O)c2c(Cl)cc(F)cc2Cl)n[nH]1. The zero-order valence-electron chi connectivity index (χ0n) is 12.8. The van der Waals surface area contributed by atoms with Crippen molar-refractivity contribution >= 4 is 33.2 Å². The standard InChI is InChI=1S/C14H15Cl2FN4O2S/c1-8-18-14(20-19-8)12-4-2-3-5-21(12)24(22,23)13-10(15)6-9(17)7-11(13)16/h6-7,12H,2-5H2,1H3,(H,18,19,20). The zero-order chi connectivity index (χ0) is 17.5. The van der Waals surface area contributed by atoms with Gasteiger partial charge in [0.15, 0.2) is 5.82 Å². The lowest BCUT2D eigenvalue weighted by Crippen LogP contribution is -2.39. The summed E-state index contributed by atoms with van der Waals surface area (Å²) in [7, 11) is -4.02. The summed E-state index contributed by atoms with van der Waals surface area (Å²) >= 11 is 11.9. The van der Waals surface area contributed by atoms with Crippen LogP contribution >= 0.6 is 23.2 Å². The Labute approximate surface area is 149 Å². The molecule has 1 fully saturated rings. The van der Waals surface area contributed by atoms with Crippen LogP contribution < -0.4 is 0 Å². The Bertz CT molecular complexity index is 848. The fourth-order valence-electron chi connectivity index (χ4n) is 2.85. The minimum absolute atomic E-state index is 0.240. The highest BCUT2D eigenvalue weighted by molar-refractivity contribution is 7.89. The second kappa shape index (κ2) is 6.59. The first-order valence-electron chi connectivity index (χ1n) is 7.36. The summed E-state index contributed by atoms with van der Waals surface area (Å²) in [5.41, 5.74) is 0. The minimum Gasteiger partial charge on any atom is -0.263 e. The van der Waals surface area contributed by atoms with E-state index in [1.807, 2.05) is 0 Å². The van der Waals surface area contributed by atoms with Crippen molar-refractivity contribution in [2.75, 3.05) is 6.54 Å². The van der Waals surface area contributed by atoms with Crippen molar-refractivity contribution in [2.45, 2.75) is 37.1 Å². The molecule has 1 aliphatic heterocycles. The number of hydrogen-bond donors (Lipinski definition) is 1. The van der Waals surface area contributed by atoms with Gasteiger partial charge in [-0.15, -0.1) is 0 Å². The number of aryl methyl sites for hydroxylation is 1. The third-order valence-electron chi connectivity index (χ3n) is 3.90. The summed E-state index contributed by atoms with van der Waals surface area (Å²) in [6.07, 6.45) is 2.15. The van der Waals surface area contributed by atoms with E-state index in [9.17, 15) is 12.8 Å².